The molecular formula is C39H40N4O5. The fourth-order valence-corrected chi connectivity index (χ4v) is 5.62. The van der Waals surface area contributed by atoms with E-state index in [4.69, 9.17) is 19.3 Å². The molecule has 9 nitrogen and oxygen atoms in total. The fraction of sp³-hybridized carbons (Fsp3) is 0.282. The number of methoxy groups -OCH3 is 2. The van der Waals surface area contributed by atoms with Crippen molar-refractivity contribution in [1.29, 1.82) is 5.26 Å². The minimum absolute atomic E-state index is 0.0643. The largest absolute Gasteiger partial charge is 0.494 e. The Hall–Kier alpha value is -5.62. The van der Waals surface area contributed by atoms with Gasteiger partial charge in [0.15, 0.2) is 11.5 Å². The van der Waals surface area contributed by atoms with Gasteiger partial charge in [0.25, 0.3) is 11.8 Å². The Morgan fingerprint density at radius 2 is 1.65 bits per heavy atom. The lowest BCUT2D eigenvalue weighted by molar-refractivity contribution is -0.140. The molecule has 0 unspecified atom stereocenters. The first-order valence-electron chi connectivity index (χ1n) is 16.2. The highest BCUT2D eigenvalue weighted by Crippen LogP contribution is 2.33. The molecule has 4 aromatic rings. The Morgan fingerprint density at radius 3 is 2.33 bits per heavy atom. The number of ether oxygens (including phenoxy) is 3. The Balaban J connectivity index is 1.48. The maximum atomic E-state index is 14.0. The number of carbonyl (C=O) groups excluding carboxylic acids is 2. The number of nitrogens with zero attached hydrogens (tertiary/aromatic N) is 4. The van der Waals surface area contributed by atoms with Crippen molar-refractivity contribution in [2.24, 2.45) is 0 Å². The van der Waals surface area contributed by atoms with Gasteiger partial charge in [-0.25, -0.2) is 4.68 Å². The predicted molar refractivity (Wildman–Crippen MR) is 185 cm³/mol. The van der Waals surface area contributed by atoms with E-state index in [9.17, 15) is 14.9 Å². The molecule has 0 fully saturated rings. The van der Waals surface area contributed by atoms with Crippen LogP contribution in [-0.4, -0.2) is 53.9 Å². The summed E-state index contributed by atoms with van der Waals surface area (Å²) in [5.74, 6) is 0.833. The zero-order valence-corrected chi connectivity index (χ0v) is 27.9. The normalized spacial score (nSPS) is 14.0. The molecule has 0 bridgehead atoms. The molecule has 0 saturated heterocycles. The van der Waals surface area contributed by atoms with E-state index in [1.165, 1.54) is 12.8 Å². The number of amides is 2. The van der Waals surface area contributed by atoms with Gasteiger partial charge in [0.1, 0.15) is 17.4 Å². The van der Waals surface area contributed by atoms with Crippen molar-refractivity contribution in [2.75, 3.05) is 27.4 Å². The summed E-state index contributed by atoms with van der Waals surface area (Å²) >= 11 is 0. The maximum Gasteiger partial charge on any atom is 0.271 e. The standard InChI is InChI=1S/C39H40N4O5/c1-5-6-7-11-22-48-32-17-15-29(16-18-32)37-30(26-43(41-37)31-12-9-8-10-13-31)24-33-27(2)34(25-40)39(45)42(38(33)44)21-20-28-14-19-35(46-3)36(23-28)47-4/h8-10,12-19,23-24,26H,5-7,11,20-22H2,1-4H3/b33-24+. The highest BCUT2D eigenvalue weighted by molar-refractivity contribution is 6.19. The summed E-state index contributed by atoms with van der Waals surface area (Å²) in [5.41, 5.74) is 4.38. The van der Waals surface area contributed by atoms with E-state index >= 15 is 0 Å². The molecule has 9 heteroatoms. The Labute approximate surface area is 281 Å². The molecule has 246 valence electrons. The topological polar surface area (TPSA) is 107 Å². The van der Waals surface area contributed by atoms with Gasteiger partial charge in [0.2, 0.25) is 0 Å². The first-order chi connectivity index (χ1) is 23.4. The van der Waals surface area contributed by atoms with Crippen LogP contribution in [0.4, 0.5) is 0 Å². The van der Waals surface area contributed by atoms with Crippen LogP contribution in [0.1, 0.15) is 50.7 Å². The zero-order valence-electron chi connectivity index (χ0n) is 27.9. The van der Waals surface area contributed by atoms with Gasteiger partial charge in [-0.1, -0.05) is 50.5 Å². The van der Waals surface area contributed by atoms with Gasteiger partial charge in [0.05, 0.1) is 32.2 Å². The lowest BCUT2D eigenvalue weighted by Gasteiger charge is -2.27. The first-order valence-corrected chi connectivity index (χ1v) is 16.2. The van der Waals surface area contributed by atoms with Crippen molar-refractivity contribution in [3.05, 3.63) is 107 Å². The van der Waals surface area contributed by atoms with E-state index in [0.717, 1.165) is 40.3 Å². The van der Waals surface area contributed by atoms with Crippen LogP contribution in [0.15, 0.2) is 95.7 Å². The SMILES string of the molecule is CCCCCCOc1ccc(-c2nn(-c3ccccc3)cc2/C=C2/C(=O)N(CCc3ccc(OC)c(OC)c3)C(=O)C(C#N)=C2C)cc1. The molecular weight excluding hydrogens is 604 g/mol. The highest BCUT2D eigenvalue weighted by Gasteiger charge is 2.35. The lowest BCUT2D eigenvalue weighted by Crippen LogP contribution is -2.43. The predicted octanol–water partition coefficient (Wildman–Crippen LogP) is 7.35. The molecule has 5 rings (SSSR count). The van der Waals surface area contributed by atoms with Crippen molar-refractivity contribution < 1.29 is 23.8 Å². The fourth-order valence-electron chi connectivity index (χ4n) is 5.62. The van der Waals surface area contributed by atoms with Crippen molar-refractivity contribution >= 4 is 17.9 Å². The van der Waals surface area contributed by atoms with E-state index in [2.05, 4.69) is 6.92 Å². The monoisotopic (exact) mass is 644 g/mol. The lowest BCUT2D eigenvalue weighted by atomic mass is 9.93. The van der Waals surface area contributed by atoms with E-state index in [1.54, 1.807) is 38.0 Å². The number of rotatable bonds is 14. The van der Waals surface area contributed by atoms with Crippen molar-refractivity contribution in [2.45, 2.75) is 46.0 Å². The summed E-state index contributed by atoms with van der Waals surface area (Å²) in [6.07, 6.45) is 8.47. The molecule has 0 atom stereocenters. The number of hydrogen-bond donors (Lipinski definition) is 0. The van der Waals surface area contributed by atoms with Crippen molar-refractivity contribution in [3.63, 3.8) is 0 Å². The highest BCUT2D eigenvalue weighted by atomic mass is 16.5. The number of nitriles is 1. The number of imide groups is 1. The smallest absolute Gasteiger partial charge is 0.271 e. The van der Waals surface area contributed by atoms with Crippen LogP contribution in [0.25, 0.3) is 23.0 Å². The van der Waals surface area contributed by atoms with Crippen LogP contribution in [0.2, 0.25) is 0 Å². The van der Waals surface area contributed by atoms with E-state index in [0.29, 0.717) is 41.4 Å². The number of para-hydroxylation sites is 1. The van der Waals surface area contributed by atoms with Gasteiger partial charge in [-0.05, 0) is 85.5 Å². The zero-order chi connectivity index (χ0) is 34.0. The molecule has 2 amide bonds. The molecule has 1 aliphatic heterocycles. The van der Waals surface area contributed by atoms with Gasteiger partial charge >= 0.3 is 0 Å². The second-order valence-corrected chi connectivity index (χ2v) is 11.5. The Bertz CT molecular complexity index is 1870. The minimum atomic E-state index is -0.608. The van der Waals surface area contributed by atoms with E-state index in [1.807, 2.05) is 79.0 Å². The summed E-state index contributed by atoms with van der Waals surface area (Å²) in [4.78, 5) is 28.5. The summed E-state index contributed by atoms with van der Waals surface area (Å²) in [6.45, 7) is 4.57. The average molecular weight is 645 g/mol. The van der Waals surface area contributed by atoms with Crippen LogP contribution in [0, 0.1) is 11.3 Å². The number of hydrogen-bond acceptors (Lipinski definition) is 7. The summed E-state index contributed by atoms with van der Waals surface area (Å²) in [5, 5.41) is 14.9. The third kappa shape index (κ3) is 7.50. The third-order valence-corrected chi connectivity index (χ3v) is 8.35. The van der Waals surface area contributed by atoms with E-state index < -0.39 is 11.8 Å². The minimum Gasteiger partial charge on any atom is -0.494 e. The van der Waals surface area contributed by atoms with Gasteiger partial charge < -0.3 is 14.2 Å². The second-order valence-electron chi connectivity index (χ2n) is 11.5. The number of aromatic nitrogens is 2. The van der Waals surface area contributed by atoms with Gasteiger partial charge in [-0.15, -0.1) is 0 Å². The molecule has 0 N–H and O–H groups in total. The summed E-state index contributed by atoms with van der Waals surface area (Å²) in [7, 11) is 3.11. The van der Waals surface area contributed by atoms with Crippen LogP contribution in [0.5, 0.6) is 17.2 Å². The quantitative estimate of drug-likeness (QED) is 0.0803. The Kier molecular flexibility index (Phi) is 11.1. The van der Waals surface area contributed by atoms with Gasteiger partial charge in [0, 0.05) is 29.4 Å². The van der Waals surface area contributed by atoms with Crippen LogP contribution >= 0.6 is 0 Å². The molecule has 0 saturated carbocycles. The number of carbonyl (C=O) groups is 2. The van der Waals surface area contributed by atoms with E-state index in [-0.39, 0.29) is 17.7 Å². The van der Waals surface area contributed by atoms with Crippen molar-refractivity contribution in [3.8, 4) is 40.3 Å². The first kappa shape index (κ1) is 33.7. The molecule has 0 radical (unpaired) electrons. The maximum absolute atomic E-state index is 14.0. The average Bonchev–Trinajstić information content (AvgIpc) is 3.54. The molecule has 0 aliphatic carbocycles. The molecule has 2 heterocycles. The number of benzene rings is 3. The molecule has 48 heavy (non-hydrogen) atoms. The molecule has 0 spiro atoms. The van der Waals surface area contributed by atoms with Crippen LogP contribution in [-0.2, 0) is 16.0 Å². The molecule has 3 aromatic carbocycles. The van der Waals surface area contributed by atoms with Crippen LogP contribution in [0.3, 0.4) is 0 Å². The van der Waals surface area contributed by atoms with Crippen LogP contribution < -0.4 is 14.2 Å². The summed E-state index contributed by atoms with van der Waals surface area (Å²) < 4.78 is 18.5. The second kappa shape index (κ2) is 15.8. The van der Waals surface area contributed by atoms with Crippen molar-refractivity contribution in [1.82, 2.24) is 14.7 Å². The Morgan fingerprint density at radius 1 is 0.896 bits per heavy atom. The molecule has 1 aromatic heterocycles. The molecule has 1 aliphatic rings. The van der Waals surface area contributed by atoms with Gasteiger partial charge in [-0.2, -0.15) is 10.4 Å². The summed E-state index contributed by atoms with van der Waals surface area (Å²) in [6, 6.07) is 24.9. The van der Waals surface area contributed by atoms with Gasteiger partial charge in [-0.3, -0.25) is 14.5 Å². The number of unbranched alkanes of at least 4 members (excludes halogenated alkanes) is 3. The third-order valence-electron chi connectivity index (χ3n) is 8.35.